The molecule has 2 nitrogen and oxygen atoms in total. The van der Waals surface area contributed by atoms with Gasteiger partial charge in [0, 0.05) is 12.6 Å². The summed E-state index contributed by atoms with van der Waals surface area (Å²) in [6.07, 6.45) is 4.62. The van der Waals surface area contributed by atoms with E-state index in [1.807, 2.05) is 12.3 Å². The molecule has 0 fully saturated rings. The van der Waals surface area contributed by atoms with Crippen LogP contribution in [0.2, 0.25) is 0 Å². The Morgan fingerprint density at radius 3 is 2.93 bits per heavy atom. The summed E-state index contributed by atoms with van der Waals surface area (Å²) in [5.74, 6) is 6.75. The minimum absolute atomic E-state index is 0.615. The number of rotatable bonds is 2. The molecule has 3 heteroatoms. The van der Waals surface area contributed by atoms with E-state index in [1.165, 1.54) is 11.8 Å². The number of hydrogen-bond acceptors (Lipinski definition) is 3. The zero-order valence-electron chi connectivity index (χ0n) is 8.74. The van der Waals surface area contributed by atoms with E-state index in [-0.39, 0.29) is 0 Å². The highest BCUT2D eigenvalue weighted by atomic mass is 32.2. The lowest BCUT2D eigenvalue weighted by Crippen LogP contribution is -1.88. The SMILES string of the molecule is CSc1nccc(C#CCC(C)C)n1. The van der Waals surface area contributed by atoms with Gasteiger partial charge < -0.3 is 0 Å². The van der Waals surface area contributed by atoms with E-state index in [0.717, 1.165) is 17.3 Å². The highest BCUT2D eigenvalue weighted by Gasteiger charge is 1.93. The summed E-state index contributed by atoms with van der Waals surface area (Å²) in [5, 5.41) is 0.779. The Kier molecular flexibility index (Phi) is 4.48. The van der Waals surface area contributed by atoms with Crippen molar-refractivity contribution in [3.63, 3.8) is 0 Å². The molecule has 0 saturated carbocycles. The van der Waals surface area contributed by atoms with Gasteiger partial charge >= 0.3 is 0 Å². The molecule has 14 heavy (non-hydrogen) atoms. The maximum absolute atomic E-state index is 4.27. The van der Waals surface area contributed by atoms with Crippen LogP contribution in [0.25, 0.3) is 0 Å². The van der Waals surface area contributed by atoms with Gasteiger partial charge in [-0.1, -0.05) is 31.5 Å². The van der Waals surface area contributed by atoms with Crippen molar-refractivity contribution in [3.8, 4) is 11.8 Å². The lowest BCUT2D eigenvalue weighted by atomic mass is 10.1. The predicted octanol–water partition coefficient (Wildman–Crippen LogP) is 2.60. The summed E-state index contributed by atoms with van der Waals surface area (Å²) in [4.78, 5) is 8.35. The normalized spacial score (nSPS) is 9.71. The quantitative estimate of drug-likeness (QED) is 0.422. The monoisotopic (exact) mass is 206 g/mol. The third kappa shape index (κ3) is 3.80. The van der Waals surface area contributed by atoms with Gasteiger partial charge in [0.1, 0.15) is 5.69 Å². The third-order valence-corrected chi connectivity index (χ3v) is 2.10. The molecule has 0 aromatic carbocycles. The summed E-state index contributed by atoms with van der Waals surface area (Å²) in [5.41, 5.74) is 0.810. The summed E-state index contributed by atoms with van der Waals surface area (Å²) >= 11 is 1.53. The first-order valence-electron chi connectivity index (χ1n) is 4.58. The van der Waals surface area contributed by atoms with E-state index in [4.69, 9.17) is 0 Å². The molecule has 0 aliphatic carbocycles. The van der Waals surface area contributed by atoms with E-state index < -0.39 is 0 Å². The predicted molar refractivity (Wildman–Crippen MR) is 60.1 cm³/mol. The minimum Gasteiger partial charge on any atom is -0.231 e. The molecule has 1 rings (SSSR count). The Hall–Kier alpha value is -1.01. The molecule has 1 aromatic heterocycles. The van der Waals surface area contributed by atoms with Crippen molar-refractivity contribution >= 4 is 11.8 Å². The average Bonchev–Trinajstić information content (AvgIpc) is 2.18. The van der Waals surface area contributed by atoms with Crippen molar-refractivity contribution in [2.75, 3.05) is 6.26 Å². The van der Waals surface area contributed by atoms with Crippen LogP contribution in [0.4, 0.5) is 0 Å². The fourth-order valence-electron chi connectivity index (χ4n) is 0.854. The van der Waals surface area contributed by atoms with E-state index in [1.54, 1.807) is 6.20 Å². The van der Waals surface area contributed by atoms with Crippen molar-refractivity contribution in [1.82, 2.24) is 9.97 Å². The second kappa shape index (κ2) is 5.66. The first kappa shape index (κ1) is 11.1. The Morgan fingerprint density at radius 2 is 2.29 bits per heavy atom. The highest BCUT2D eigenvalue weighted by Crippen LogP contribution is 2.06. The Labute approximate surface area is 89.5 Å². The van der Waals surface area contributed by atoms with Crippen LogP contribution in [0, 0.1) is 17.8 Å². The van der Waals surface area contributed by atoms with Gasteiger partial charge in [0.05, 0.1) is 0 Å². The van der Waals surface area contributed by atoms with Gasteiger partial charge in [0.15, 0.2) is 5.16 Å². The maximum Gasteiger partial charge on any atom is 0.188 e. The van der Waals surface area contributed by atoms with Gasteiger partial charge in [-0.05, 0) is 24.2 Å². The Bertz CT molecular complexity index is 350. The topological polar surface area (TPSA) is 25.8 Å². The van der Waals surface area contributed by atoms with Crippen molar-refractivity contribution in [1.29, 1.82) is 0 Å². The van der Waals surface area contributed by atoms with Gasteiger partial charge in [0.2, 0.25) is 0 Å². The van der Waals surface area contributed by atoms with Crippen molar-refractivity contribution in [2.24, 2.45) is 5.92 Å². The summed E-state index contributed by atoms with van der Waals surface area (Å²) < 4.78 is 0. The highest BCUT2D eigenvalue weighted by molar-refractivity contribution is 7.98. The van der Waals surface area contributed by atoms with Crippen LogP contribution < -0.4 is 0 Å². The third-order valence-electron chi connectivity index (χ3n) is 1.54. The maximum atomic E-state index is 4.27. The largest absolute Gasteiger partial charge is 0.231 e. The summed E-state index contributed by atoms with van der Waals surface area (Å²) in [6.45, 7) is 4.31. The van der Waals surface area contributed by atoms with E-state index >= 15 is 0 Å². The molecule has 0 radical (unpaired) electrons. The van der Waals surface area contributed by atoms with Crippen LogP contribution in [0.1, 0.15) is 26.0 Å². The zero-order chi connectivity index (χ0) is 10.4. The van der Waals surface area contributed by atoms with E-state index in [9.17, 15) is 0 Å². The summed E-state index contributed by atoms with van der Waals surface area (Å²) in [7, 11) is 0. The van der Waals surface area contributed by atoms with Crippen LogP contribution in [0.5, 0.6) is 0 Å². The molecule has 1 heterocycles. The second-order valence-electron chi connectivity index (χ2n) is 3.33. The summed E-state index contributed by atoms with van der Waals surface area (Å²) in [6, 6.07) is 1.84. The van der Waals surface area contributed by atoms with Crippen molar-refractivity contribution < 1.29 is 0 Å². The molecule has 1 aromatic rings. The molecule has 0 saturated heterocycles. The van der Waals surface area contributed by atoms with Crippen LogP contribution >= 0.6 is 11.8 Å². The fourth-order valence-corrected chi connectivity index (χ4v) is 1.21. The molecule has 74 valence electrons. The van der Waals surface area contributed by atoms with E-state index in [2.05, 4.69) is 35.7 Å². The average molecular weight is 206 g/mol. The van der Waals surface area contributed by atoms with Crippen LogP contribution in [-0.4, -0.2) is 16.2 Å². The molecule has 0 aliphatic heterocycles. The molecule has 0 atom stereocenters. The second-order valence-corrected chi connectivity index (χ2v) is 4.10. The first-order valence-corrected chi connectivity index (χ1v) is 5.80. The lowest BCUT2D eigenvalue weighted by molar-refractivity contribution is 0.676. The van der Waals surface area contributed by atoms with Gasteiger partial charge in [-0.15, -0.1) is 0 Å². The van der Waals surface area contributed by atoms with Crippen molar-refractivity contribution in [2.45, 2.75) is 25.4 Å². The molecular formula is C11H14N2S. The van der Waals surface area contributed by atoms with Crippen molar-refractivity contribution in [3.05, 3.63) is 18.0 Å². The number of nitrogens with zero attached hydrogens (tertiary/aromatic N) is 2. The number of aromatic nitrogens is 2. The van der Waals surface area contributed by atoms with E-state index in [0.29, 0.717) is 5.92 Å². The first-order chi connectivity index (χ1) is 6.72. The van der Waals surface area contributed by atoms with Crippen LogP contribution in [-0.2, 0) is 0 Å². The minimum atomic E-state index is 0.615. The van der Waals surface area contributed by atoms with Gasteiger partial charge in [0.25, 0.3) is 0 Å². The molecule has 0 bridgehead atoms. The smallest absolute Gasteiger partial charge is 0.188 e. The Morgan fingerprint density at radius 1 is 1.50 bits per heavy atom. The zero-order valence-corrected chi connectivity index (χ0v) is 9.56. The number of thioether (sulfide) groups is 1. The van der Waals surface area contributed by atoms with Crippen LogP contribution in [0.15, 0.2) is 17.4 Å². The fraction of sp³-hybridized carbons (Fsp3) is 0.455. The van der Waals surface area contributed by atoms with Gasteiger partial charge in [-0.25, -0.2) is 9.97 Å². The molecule has 0 amide bonds. The molecular weight excluding hydrogens is 192 g/mol. The number of hydrogen-bond donors (Lipinski definition) is 0. The van der Waals surface area contributed by atoms with Crippen LogP contribution in [0.3, 0.4) is 0 Å². The molecule has 0 N–H and O–H groups in total. The van der Waals surface area contributed by atoms with Gasteiger partial charge in [-0.2, -0.15) is 0 Å². The molecule has 0 spiro atoms. The Balaban J connectivity index is 2.69. The lowest BCUT2D eigenvalue weighted by Gasteiger charge is -1.95. The molecule has 0 unspecified atom stereocenters. The van der Waals surface area contributed by atoms with Gasteiger partial charge in [-0.3, -0.25) is 0 Å². The molecule has 0 aliphatic rings. The standard InChI is InChI=1S/C11H14N2S/c1-9(2)5-4-6-10-7-8-12-11(13-10)14-3/h7-9H,5H2,1-3H3.